The van der Waals surface area contributed by atoms with Gasteiger partial charge >= 0.3 is 6.18 Å². The molecule has 0 atom stereocenters. The third-order valence-corrected chi connectivity index (χ3v) is 4.96. The van der Waals surface area contributed by atoms with E-state index in [0.717, 1.165) is 6.07 Å². The predicted molar refractivity (Wildman–Crippen MR) is 107 cm³/mol. The number of alkyl halides is 3. The van der Waals surface area contributed by atoms with Gasteiger partial charge in [-0.15, -0.1) is 0 Å². The lowest BCUT2D eigenvalue weighted by molar-refractivity contribution is -0.137. The van der Waals surface area contributed by atoms with Crippen LogP contribution in [-0.2, 0) is 17.5 Å². The average Bonchev–Trinajstić information content (AvgIpc) is 2.69. The molecule has 1 saturated heterocycles. The normalized spacial score (nSPS) is 15.7. The minimum absolute atomic E-state index is 0.157. The van der Waals surface area contributed by atoms with E-state index in [-0.39, 0.29) is 18.0 Å². The van der Waals surface area contributed by atoms with Crippen LogP contribution in [0, 0.1) is 0 Å². The minimum atomic E-state index is -4.35. The van der Waals surface area contributed by atoms with Crippen molar-refractivity contribution in [1.82, 2.24) is 9.80 Å². The van der Waals surface area contributed by atoms with Gasteiger partial charge in [0.05, 0.1) is 23.4 Å². The molecule has 1 aliphatic rings. The molecule has 6 nitrogen and oxygen atoms in total. The summed E-state index contributed by atoms with van der Waals surface area (Å²) in [5.74, 6) is -0.871. The lowest BCUT2D eigenvalue weighted by atomic mass is 10.1. The molecule has 0 radical (unpaired) electrons. The van der Waals surface area contributed by atoms with E-state index in [1.807, 2.05) is 4.90 Å². The van der Waals surface area contributed by atoms with Crippen molar-refractivity contribution in [3.63, 3.8) is 0 Å². The highest BCUT2D eigenvalue weighted by atomic mass is 19.4. The number of rotatable bonds is 6. The van der Waals surface area contributed by atoms with Crippen LogP contribution in [0.1, 0.15) is 21.5 Å². The maximum atomic E-state index is 12.9. The summed E-state index contributed by atoms with van der Waals surface area (Å²) < 4.78 is 38.6. The Kier molecular flexibility index (Phi) is 6.73. The van der Waals surface area contributed by atoms with Gasteiger partial charge in [-0.1, -0.05) is 30.3 Å². The van der Waals surface area contributed by atoms with Crippen molar-refractivity contribution in [1.29, 1.82) is 0 Å². The summed E-state index contributed by atoms with van der Waals surface area (Å²) in [6.45, 7) is 3.09. The van der Waals surface area contributed by atoms with E-state index < -0.39 is 17.6 Å². The molecule has 2 amide bonds. The molecule has 2 aromatic carbocycles. The number of primary amides is 1. The van der Waals surface area contributed by atoms with E-state index in [9.17, 15) is 22.8 Å². The molecule has 3 rings (SSSR count). The number of carbonyl (C=O) groups excluding carboxylic acids is 2. The highest BCUT2D eigenvalue weighted by Crippen LogP contribution is 2.29. The van der Waals surface area contributed by atoms with E-state index in [2.05, 4.69) is 10.2 Å². The van der Waals surface area contributed by atoms with Gasteiger partial charge in [-0.3, -0.25) is 19.4 Å². The molecule has 2 aromatic rings. The van der Waals surface area contributed by atoms with Crippen molar-refractivity contribution in [3.05, 3.63) is 65.2 Å². The van der Waals surface area contributed by atoms with Gasteiger partial charge in [0, 0.05) is 32.7 Å². The number of nitrogens with zero attached hydrogens (tertiary/aromatic N) is 2. The second kappa shape index (κ2) is 9.27. The SMILES string of the molecule is NC(=O)c1ccccc1NC(=O)CN1CCN(Cc2cccc(C(F)(F)F)c2)CC1. The summed E-state index contributed by atoms with van der Waals surface area (Å²) in [5, 5.41) is 2.71. The van der Waals surface area contributed by atoms with Crippen molar-refractivity contribution >= 4 is 17.5 Å². The molecule has 1 heterocycles. The first-order chi connectivity index (χ1) is 14.2. The zero-order valence-corrected chi connectivity index (χ0v) is 16.3. The Labute approximate surface area is 172 Å². The van der Waals surface area contributed by atoms with Gasteiger partial charge < -0.3 is 11.1 Å². The molecular formula is C21H23F3N4O2. The number of amides is 2. The van der Waals surface area contributed by atoms with Gasteiger partial charge in [-0.05, 0) is 23.8 Å². The number of carbonyl (C=O) groups is 2. The molecule has 1 aliphatic heterocycles. The molecule has 0 saturated carbocycles. The molecule has 1 fully saturated rings. The standard InChI is InChI=1S/C21H23F3N4O2/c22-21(23,24)16-5-3-4-15(12-16)13-27-8-10-28(11-9-27)14-19(29)26-18-7-2-1-6-17(18)20(25)30/h1-7,12H,8-11,13-14H2,(H2,25,30)(H,26,29). The Morgan fingerprint density at radius 3 is 2.30 bits per heavy atom. The molecule has 0 aliphatic carbocycles. The Bertz CT molecular complexity index is 909. The zero-order chi connectivity index (χ0) is 21.7. The molecule has 9 heteroatoms. The molecular weight excluding hydrogens is 397 g/mol. The summed E-state index contributed by atoms with van der Waals surface area (Å²) in [5.41, 5.74) is 5.90. The van der Waals surface area contributed by atoms with Gasteiger partial charge in [0.1, 0.15) is 0 Å². The van der Waals surface area contributed by atoms with Gasteiger partial charge in [0.25, 0.3) is 5.91 Å². The van der Waals surface area contributed by atoms with Crippen LogP contribution < -0.4 is 11.1 Å². The summed E-state index contributed by atoms with van der Waals surface area (Å²) >= 11 is 0. The van der Waals surface area contributed by atoms with Crippen LogP contribution in [0.4, 0.5) is 18.9 Å². The minimum Gasteiger partial charge on any atom is -0.366 e. The lowest BCUT2D eigenvalue weighted by Gasteiger charge is -2.34. The number of hydrogen-bond acceptors (Lipinski definition) is 4. The Morgan fingerprint density at radius 2 is 1.63 bits per heavy atom. The molecule has 3 N–H and O–H groups in total. The van der Waals surface area contributed by atoms with E-state index in [1.165, 1.54) is 12.1 Å². The molecule has 160 valence electrons. The summed E-state index contributed by atoms with van der Waals surface area (Å²) in [4.78, 5) is 27.8. The van der Waals surface area contributed by atoms with Crippen LogP contribution in [0.3, 0.4) is 0 Å². The first kappa shape index (κ1) is 21.8. The highest BCUT2D eigenvalue weighted by Gasteiger charge is 2.30. The summed E-state index contributed by atoms with van der Waals surface area (Å²) in [7, 11) is 0. The van der Waals surface area contributed by atoms with Crippen LogP contribution in [0.5, 0.6) is 0 Å². The number of halogens is 3. The average molecular weight is 420 g/mol. The van der Waals surface area contributed by atoms with Gasteiger partial charge in [-0.2, -0.15) is 13.2 Å². The first-order valence-electron chi connectivity index (χ1n) is 9.52. The fraction of sp³-hybridized carbons (Fsp3) is 0.333. The van der Waals surface area contributed by atoms with Gasteiger partial charge in [-0.25, -0.2) is 0 Å². The Balaban J connectivity index is 1.49. The second-order valence-electron chi connectivity index (χ2n) is 7.21. The summed E-state index contributed by atoms with van der Waals surface area (Å²) in [6, 6.07) is 11.9. The van der Waals surface area contributed by atoms with Gasteiger partial charge in [0.15, 0.2) is 0 Å². The quantitative estimate of drug-likeness (QED) is 0.753. The maximum Gasteiger partial charge on any atom is 0.416 e. The fourth-order valence-electron chi connectivity index (χ4n) is 3.41. The fourth-order valence-corrected chi connectivity index (χ4v) is 3.41. The second-order valence-corrected chi connectivity index (χ2v) is 7.21. The number of piperazine rings is 1. The van der Waals surface area contributed by atoms with E-state index in [4.69, 9.17) is 5.73 Å². The number of para-hydroxylation sites is 1. The largest absolute Gasteiger partial charge is 0.416 e. The first-order valence-corrected chi connectivity index (χ1v) is 9.52. The molecule has 0 unspecified atom stereocenters. The number of hydrogen-bond donors (Lipinski definition) is 2. The van der Waals surface area contributed by atoms with Gasteiger partial charge in [0.2, 0.25) is 5.91 Å². The molecule has 0 aromatic heterocycles. The van der Waals surface area contributed by atoms with Crippen LogP contribution in [0.25, 0.3) is 0 Å². The van der Waals surface area contributed by atoms with Crippen LogP contribution in [-0.4, -0.2) is 54.3 Å². The monoisotopic (exact) mass is 420 g/mol. The Hall–Kier alpha value is -2.91. The number of nitrogens with one attached hydrogen (secondary N) is 1. The van der Waals surface area contributed by atoms with Crippen molar-refractivity contribution in [3.8, 4) is 0 Å². The van der Waals surface area contributed by atoms with Crippen LogP contribution >= 0.6 is 0 Å². The van der Waals surface area contributed by atoms with E-state index in [1.54, 1.807) is 30.3 Å². The predicted octanol–water partition coefficient (Wildman–Crippen LogP) is 2.56. The van der Waals surface area contributed by atoms with Crippen molar-refractivity contribution in [2.75, 3.05) is 38.0 Å². The number of anilines is 1. The van der Waals surface area contributed by atoms with Crippen LogP contribution in [0.15, 0.2) is 48.5 Å². The highest BCUT2D eigenvalue weighted by molar-refractivity contribution is 6.03. The van der Waals surface area contributed by atoms with Crippen molar-refractivity contribution in [2.24, 2.45) is 5.73 Å². The lowest BCUT2D eigenvalue weighted by Crippen LogP contribution is -2.48. The van der Waals surface area contributed by atoms with E-state index >= 15 is 0 Å². The molecule has 0 spiro atoms. The Morgan fingerprint density at radius 1 is 0.967 bits per heavy atom. The van der Waals surface area contributed by atoms with Crippen molar-refractivity contribution in [2.45, 2.75) is 12.7 Å². The number of nitrogens with two attached hydrogens (primary N) is 1. The third-order valence-electron chi connectivity index (χ3n) is 4.96. The zero-order valence-electron chi connectivity index (χ0n) is 16.3. The van der Waals surface area contributed by atoms with Crippen molar-refractivity contribution < 1.29 is 22.8 Å². The summed E-state index contributed by atoms with van der Waals surface area (Å²) in [6.07, 6.45) is -4.35. The van der Waals surface area contributed by atoms with Crippen LogP contribution in [0.2, 0.25) is 0 Å². The topological polar surface area (TPSA) is 78.7 Å². The number of benzene rings is 2. The molecule has 0 bridgehead atoms. The smallest absolute Gasteiger partial charge is 0.366 e. The third kappa shape index (κ3) is 5.80. The molecule has 30 heavy (non-hydrogen) atoms. The maximum absolute atomic E-state index is 12.9. The van der Waals surface area contributed by atoms with E-state index in [0.29, 0.717) is 44.0 Å².